The van der Waals surface area contributed by atoms with E-state index in [2.05, 4.69) is 0 Å². The second-order valence-corrected chi connectivity index (χ2v) is 7.40. The smallest absolute Gasteiger partial charge is 0.295 e. The van der Waals surface area contributed by atoms with E-state index in [9.17, 15) is 19.1 Å². The third kappa shape index (κ3) is 4.14. The van der Waals surface area contributed by atoms with E-state index in [1.807, 2.05) is 31.2 Å². The van der Waals surface area contributed by atoms with E-state index in [0.717, 1.165) is 17.5 Å². The molecule has 1 atom stereocenters. The minimum atomic E-state index is -0.739. The summed E-state index contributed by atoms with van der Waals surface area (Å²) in [6.45, 7) is 4.39. The van der Waals surface area contributed by atoms with Gasteiger partial charge in [-0.05, 0) is 54.7 Å². The quantitative estimate of drug-likeness (QED) is 0.322. The lowest BCUT2D eigenvalue weighted by atomic mass is 9.94. The molecule has 1 amide bonds. The number of rotatable bonds is 7. The van der Waals surface area contributed by atoms with Gasteiger partial charge in [-0.2, -0.15) is 0 Å². The van der Waals surface area contributed by atoms with Crippen LogP contribution in [0.3, 0.4) is 0 Å². The lowest BCUT2D eigenvalue weighted by Crippen LogP contribution is -2.31. The number of amides is 1. The number of ketones is 1. The fourth-order valence-electron chi connectivity index (χ4n) is 3.72. The number of aryl methyl sites for hydroxylation is 2. The van der Waals surface area contributed by atoms with Crippen molar-refractivity contribution < 1.29 is 23.8 Å². The highest BCUT2D eigenvalue weighted by Crippen LogP contribution is 2.39. The lowest BCUT2D eigenvalue weighted by molar-refractivity contribution is -0.140. The molecule has 5 nitrogen and oxygen atoms in total. The third-order valence-electron chi connectivity index (χ3n) is 5.42. The standard InChI is InChI=1S/C24H26FNO4/c1-4-16-6-8-17(9-7-16)21-20(22(27)18-10-11-19(25)15(2)14-18)23(28)24(29)26(21)12-5-13-30-3/h6-11,14,21,27H,4-5,12-13H2,1-3H3/b22-20-. The molecule has 2 aromatic rings. The van der Waals surface area contributed by atoms with E-state index in [0.29, 0.717) is 30.7 Å². The number of likely N-dealkylation sites (tertiary alicyclic amines) is 1. The van der Waals surface area contributed by atoms with Crippen molar-refractivity contribution in [3.8, 4) is 0 Å². The molecule has 158 valence electrons. The average Bonchev–Trinajstić information content (AvgIpc) is 3.00. The van der Waals surface area contributed by atoms with Crippen molar-refractivity contribution in [3.05, 3.63) is 76.1 Å². The summed E-state index contributed by atoms with van der Waals surface area (Å²) in [6.07, 6.45) is 1.42. The van der Waals surface area contributed by atoms with Gasteiger partial charge in [-0.1, -0.05) is 31.2 Å². The summed E-state index contributed by atoms with van der Waals surface area (Å²) >= 11 is 0. The Hall–Kier alpha value is -2.99. The maximum absolute atomic E-state index is 13.7. The van der Waals surface area contributed by atoms with Crippen LogP contribution in [0, 0.1) is 12.7 Å². The van der Waals surface area contributed by atoms with Crippen molar-refractivity contribution in [2.75, 3.05) is 20.3 Å². The zero-order valence-corrected chi connectivity index (χ0v) is 17.4. The van der Waals surface area contributed by atoms with Crippen LogP contribution >= 0.6 is 0 Å². The highest BCUT2D eigenvalue weighted by atomic mass is 19.1. The van der Waals surface area contributed by atoms with E-state index in [1.165, 1.54) is 23.1 Å². The number of Topliss-reactive ketones (excluding diaryl/α,β-unsaturated/α-hetero) is 1. The molecule has 1 saturated heterocycles. The lowest BCUT2D eigenvalue weighted by Gasteiger charge is -2.25. The van der Waals surface area contributed by atoms with Crippen LogP contribution in [0.1, 0.15) is 41.6 Å². The van der Waals surface area contributed by atoms with Gasteiger partial charge in [-0.3, -0.25) is 9.59 Å². The first-order valence-electron chi connectivity index (χ1n) is 10.0. The van der Waals surface area contributed by atoms with Crippen LogP contribution in [0.5, 0.6) is 0 Å². The Morgan fingerprint density at radius 1 is 1.17 bits per heavy atom. The third-order valence-corrected chi connectivity index (χ3v) is 5.42. The number of aliphatic hydroxyl groups excluding tert-OH is 1. The number of aliphatic hydroxyl groups is 1. The molecule has 1 N–H and O–H groups in total. The number of methoxy groups -OCH3 is 1. The molecule has 0 bridgehead atoms. The van der Waals surface area contributed by atoms with Crippen LogP contribution in [0.25, 0.3) is 5.76 Å². The van der Waals surface area contributed by atoms with Crippen LogP contribution in [0.2, 0.25) is 0 Å². The molecule has 0 aliphatic carbocycles. The first-order chi connectivity index (χ1) is 14.4. The van der Waals surface area contributed by atoms with E-state index in [1.54, 1.807) is 14.0 Å². The van der Waals surface area contributed by atoms with E-state index in [4.69, 9.17) is 4.74 Å². The van der Waals surface area contributed by atoms with Crippen molar-refractivity contribution in [2.24, 2.45) is 0 Å². The molecule has 1 unspecified atom stereocenters. The number of halogens is 1. The fraction of sp³-hybridized carbons (Fsp3) is 0.333. The van der Waals surface area contributed by atoms with Gasteiger partial charge in [-0.15, -0.1) is 0 Å². The zero-order valence-electron chi connectivity index (χ0n) is 17.4. The topological polar surface area (TPSA) is 66.8 Å². The van der Waals surface area contributed by atoms with Gasteiger partial charge in [-0.25, -0.2) is 4.39 Å². The van der Waals surface area contributed by atoms with Crippen molar-refractivity contribution >= 4 is 17.4 Å². The van der Waals surface area contributed by atoms with Crippen LogP contribution < -0.4 is 0 Å². The highest BCUT2D eigenvalue weighted by Gasteiger charge is 2.45. The second-order valence-electron chi connectivity index (χ2n) is 7.40. The number of nitrogens with zero attached hydrogens (tertiary/aromatic N) is 1. The predicted octanol–water partition coefficient (Wildman–Crippen LogP) is 4.15. The SMILES string of the molecule is CCc1ccc(C2/C(=C(/O)c3ccc(F)c(C)c3)C(=O)C(=O)N2CCCOC)cc1. The number of carbonyl (C=O) groups is 2. The van der Waals surface area contributed by atoms with Crippen LogP contribution in [-0.4, -0.2) is 42.0 Å². The van der Waals surface area contributed by atoms with Crippen molar-refractivity contribution in [2.45, 2.75) is 32.7 Å². The summed E-state index contributed by atoms with van der Waals surface area (Å²) in [5.41, 5.74) is 2.54. The Labute approximate surface area is 175 Å². The van der Waals surface area contributed by atoms with Crippen LogP contribution in [0.4, 0.5) is 4.39 Å². The van der Waals surface area contributed by atoms with Crippen molar-refractivity contribution in [1.82, 2.24) is 4.90 Å². The minimum Gasteiger partial charge on any atom is -0.507 e. The second kappa shape index (κ2) is 9.22. The molecule has 6 heteroatoms. The molecule has 1 fully saturated rings. The maximum Gasteiger partial charge on any atom is 0.295 e. The van der Waals surface area contributed by atoms with Gasteiger partial charge >= 0.3 is 0 Å². The highest BCUT2D eigenvalue weighted by molar-refractivity contribution is 6.46. The van der Waals surface area contributed by atoms with E-state index in [-0.39, 0.29) is 11.3 Å². The van der Waals surface area contributed by atoms with Crippen LogP contribution in [0.15, 0.2) is 48.0 Å². The molecule has 0 saturated carbocycles. The first kappa shape index (κ1) is 21.7. The Bertz CT molecular complexity index is 981. The van der Waals surface area contributed by atoms with Gasteiger partial charge < -0.3 is 14.7 Å². The number of benzene rings is 2. The normalized spacial score (nSPS) is 18.3. The van der Waals surface area contributed by atoms with Gasteiger partial charge in [0.05, 0.1) is 11.6 Å². The number of carbonyl (C=O) groups excluding carboxylic acids is 2. The molecule has 0 aromatic heterocycles. The first-order valence-corrected chi connectivity index (χ1v) is 10.0. The zero-order chi connectivity index (χ0) is 21.8. The molecule has 2 aromatic carbocycles. The number of hydrogen-bond acceptors (Lipinski definition) is 4. The van der Waals surface area contributed by atoms with Gasteiger partial charge in [0.25, 0.3) is 11.7 Å². The summed E-state index contributed by atoms with van der Waals surface area (Å²) in [5.74, 6) is -2.10. The molecular weight excluding hydrogens is 385 g/mol. The minimum absolute atomic E-state index is 0.0210. The molecular formula is C24H26FNO4. The predicted molar refractivity (Wildman–Crippen MR) is 112 cm³/mol. The Morgan fingerprint density at radius 3 is 2.47 bits per heavy atom. The fourth-order valence-corrected chi connectivity index (χ4v) is 3.72. The Kier molecular flexibility index (Phi) is 6.67. The molecule has 0 radical (unpaired) electrons. The molecule has 30 heavy (non-hydrogen) atoms. The molecule has 1 heterocycles. The van der Waals surface area contributed by atoms with Crippen molar-refractivity contribution in [1.29, 1.82) is 0 Å². The average molecular weight is 411 g/mol. The van der Waals surface area contributed by atoms with Crippen molar-refractivity contribution in [3.63, 3.8) is 0 Å². The summed E-state index contributed by atoms with van der Waals surface area (Å²) in [7, 11) is 1.58. The maximum atomic E-state index is 13.7. The van der Waals surface area contributed by atoms with Gasteiger partial charge in [0.2, 0.25) is 0 Å². The van der Waals surface area contributed by atoms with E-state index >= 15 is 0 Å². The van der Waals surface area contributed by atoms with E-state index < -0.39 is 23.5 Å². The monoisotopic (exact) mass is 411 g/mol. The Balaban J connectivity index is 2.12. The van der Waals surface area contributed by atoms with Gasteiger partial charge in [0.1, 0.15) is 11.6 Å². The summed E-state index contributed by atoms with van der Waals surface area (Å²) in [6, 6.07) is 11.1. The Morgan fingerprint density at radius 2 is 1.87 bits per heavy atom. The summed E-state index contributed by atoms with van der Waals surface area (Å²) in [4.78, 5) is 27.2. The summed E-state index contributed by atoms with van der Waals surface area (Å²) < 4.78 is 18.8. The number of ether oxygens (including phenoxy) is 1. The molecule has 3 rings (SSSR count). The largest absolute Gasteiger partial charge is 0.507 e. The van der Waals surface area contributed by atoms with Gasteiger partial charge in [0, 0.05) is 25.8 Å². The van der Waals surface area contributed by atoms with Crippen LogP contribution in [-0.2, 0) is 20.7 Å². The molecule has 1 aliphatic heterocycles. The molecule has 1 aliphatic rings. The number of hydrogen-bond donors (Lipinski definition) is 1. The summed E-state index contributed by atoms with van der Waals surface area (Å²) in [5, 5.41) is 11.0. The van der Waals surface area contributed by atoms with Gasteiger partial charge in [0.15, 0.2) is 0 Å². The molecule has 0 spiro atoms.